The minimum absolute atomic E-state index is 0.258. The van der Waals surface area contributed by atoms with Crippen LogP contribution in [-0.4, -0.2) is 26.1 Å². The predicted octanol–water partition coefficient (Wildman–Crippen LogP) is 3.88. The number of methoxy groups -OCH3 is 2. The first-order chi connectivity index (χ1) is 13.0. The highest BCUT2D eigenvalue weighted by molar-refractivity contribution is 6.23. The summed E-state index contributed by atoms with van der Waals surface area (Å²) in [4.78, 5) is 27.2. The number of nitrogens with zero attached hydrogens (tertiary/aromatic N) is 1. The van der Waals surface area contributed by atoms with Gasteiger partial charge in [0.25, 0.3) is 5.91 Å². The van der Waals surface area contributed by atoms with Crippen LogP contribution in [0.3, 0.4) is 0 Å². The maximum Gasteiger partial charge on any atom is 0.340 e. The molecule has 0 saturated heterocycles. The standard InChI is InChI=1S/C22H21NO4/c1-14-9-11-17(12-10-14)23-15(2)20(22(25)27-4)18(21(23)24)13-16-7-5-6-8-19(16)26-3/h5-13H,1-4H3/b18-13-. The first-order valence-corrected chi connectivity index (χ1v) is 8.53. The molecule has 0 atom stereocenters. The summed E-state index contributed by atoms with van der Waals surface area (Å²) in [6.07, 6.45) is 1.67. The molecule has 0 fully saturated rings. The number of carbonyl (C=O) groups is 2. The molecule has 0 radical (unpaired) electrons. The SMILES string of the molecule is COC(=O)C1=C(C)N(c2ccc(C)cc2)C(=O)/C1=C\c1ccccc1OC. The second-order valence-corrected chi connectivity index (χ2v) is 6.23. The van der Waals surface area contributed by atoms with Crippen LogP contribution in [0.1, 0.15) is 18.1 Å². The Bertz CT molecular complexity index is 955. The molecule has 0 spiro atoms. The largest absolute Gasteiger partial charge is 0.496 e. The Morgan fingerprint density at radius 2 is 1.67 bits per heavy atom. The third-order valence-electron chi connectivity index (χ3n) is 4.52. The lowest BCUT2D eigenvalue weighted by Gasteiger charge is -2.18. The van der Waals surface area contributed by atoms with E-state index in [0.717, 1.165) is 5.56 Å². The quantitative estimate of drug-likeness (QED) is 0.611. The summed E-state index contributed by atoms with van der Waals surface area (Å²) in [6, 6.07) is 14.9. The molecule has 0 saturated carbocycles. The number of carbonyl (C=O) groups excluding carboxylic acids is 2. The van der Waals surface area contributed by atoms with E-state index in [9.17, 15) is 9.59 Å². The van der Waals surface area contributed by atoms with Crippen LogP contribution in [0.2, 0.25) is 0 Å². The third-order valence-corrected chi connectivity index (χ3v) is 4.52. The Morgan fingerprint density at radius 1 is 1.00 bits per heavy atom. The number of hydrogen-bond donors (Lipinski definition) is 0. The number of esters is 1. The first-order valence-electron chi connectivity index (χ1n) is 8.53. The molecule has 2 aromatic rings. The summed E-state index contributed by atoms with van der Waals surface area (Å²) in [7, 11) is 2.87. The molecule has 1 amide bonds. The molecule has 3 rings (SSSR count). The van der Waals surface area contributed by atoms with E-state index in [1.165, 1.54) is 12.0 Å². The molecule has 5 nitrogen and oxygen atoms in total. The van der Waals surface area contributed by atoms with Gasteiger partial charge >= 0.3 is 5.97 Å². The summed E-state index contributed by atoms with van der Waals surface area (Å²) >= 11 is 0. The number of anilines is 1. The average molecular weight is 363 g/mol. The molecule has 1 aliphatic heterocycles. The van der Waals surface area contributed by atoms with E-state index in [1.54, 1.807) is 26.2 Å². The van der Waals surface area contributed by atoms with Gasteiger partial charge in [0.05, 0.1) is 25.4 Å². The lowest BCUT2D eigenvalue weighted by molar-refractivity contribution is -0.136. The van der Waals surface area contributed by atoms with Crippen molar-refractivity contribution in [3.05, 3.63) is 76.5 Å². The minimum atomic E-state index is -0.545. The Kier molecular flexibility index (Phi) is 5.12. The van der Waals surface area contributed by atoms with Gasteiger partial charge in [-0.2, -0.15) is 0 Å². The van der Waals surface area contributed by atoms with E-state index in [-0.39, 0.29) is 17.1 Å². The Morgan fingerprint density at radius 3 is 2.30 bits per heavy atom. The third kappa shape index (κ3) is 3.36. The fourth-order valence-corrected chi connectivity index (χ4v) is 3.13. The predicted molar refractivity (Wildman–Crippen MR) is 104 cm³/mol. The molecule has 27 heavy (non-hydrogen) atoms. The number of hydrogen-bond acceptors (Lipinski definition) is 4. The van der Waals surface area contributed by atoms with Crippen LogP contribution in [0, 0.1) is 6.92 Å². The van der Waals surface area contributed by atoms with E-state index in [2.05, 4.69) is 0 Å². The molecule has 1 heterocycles. The van der Waals surface area contributed by atoms with Crippen molar-refractivity contribution in [1.82, 2.24) is 0 Å². The van der Waals surface area contributed by atoms with Gasteiger partial charge in [-0.1, -0.05) is 35.9 Å². The van der Waals surface area contributed by atoms with E-state index in [1.807, 2.05) is 49.4 Å². The van der Waals surface area contributed by atoms with Crippen molar-refractivity contribution in [2.75, 3.05) is 19.1 Å². The van der Waals surface area contributed by atoms with E-state index >= 15 is 0 Å². The number of allylic oxidation sites excluding steroid dienone is 1. The van der Waals surface area contributed by atoms with Crippen LogP contribution in [0.15, 0.2) is 65.4 Å². The van der Waals surface area contributed by atoms with Crippen molar-refractivity contribution >= 4 is 23.6 Å². The number of rotatable bonds is 4. The van der Waals surface area contributed by atoms with E-state index in [4.69, 9.17) is 9.47 Å². The van der Waals surface area contributed by atoms with Gasteiger partial charge in [0.15, 0.2) is 0 Å². The molecule has 0 unspecified atom stereocenters. The molecular weight excluding hydrogens is 342 g/mol. The lowest BCUT2D eigenvalue weighted by atomic mass is 10.0. The smallest absolute Gasteiger partial charge is 0.340 e. The van der Waals surface area contributed by atoms with Crippen molar-refractivity contribution < 1.29 is 19.1 Å². The van der Waals surface area contributed by atoms with E-state index < -0.39 is 5.97 Å². The number of para-hydroxylation sites is 1. The van der Waals surface area contributed by atoms with Crippen molar-refractivity contribution in [3.8, 4) is 5.75 Å². The average Bonchev–Trinajstić information content (AvgIpc) is 2.92. The highest BCUT2D eigenvalue weighted by atomic mass is 16.5. The highest BCUT2D eigenvalue weighted by Crippen LogP contribution is 2.36. The second kappa shape index (κ2) is 7.50. The number of aryl methyl sites for hydroxylation is 1. The Labute approximate surface area is 158 Å². The van der Waals surface area contributed by atoms with Crippen LogP contribution in [0.4, 0.5) is 5.69 Å². The zero-order chi connectivity index (χ0) is 19.6. The van der Waals surface area contributed by atoms with Crippen LogP contribution in [0.25, 0.3) is 6.08 Å². The zero-order valence-electron chi connectivity index (χ0n) is 15.8. The summed E-state index contributed by atoms with van der Waals surface area (Å²) in [5.74, 6) is -0.201. The number of benzene rings is 2. The summed E-state index contributed by atoms with van der Waals surface area (Å²) in [5, 5.41) is 0. The van der Waals surface area contributed by atoms with Gasteiger partial charge in [-0.25, -0.2) is 4.79 Å². The molecule has 0 bridgehead atoms. The van der Waals surface area contributed by atoms with Crippen LogP contribution in [-0.2, 0) is 14.3 Å². The topological polar surface area (TPSA) is 55.8 Å². The van der Waals surface area contributed by atoms with E-state index in [0.29, 0.717) is 22.7 Å². The fraction of sp³-hybridized carbons (Fsp3) is 0.182. The Hall–Kier alpha value is -3.34. The second-order valence-electron chi connectivity index (χ2n) is 6.23. The fourth-order valence-electron chi connectivity index (χ4n) is 3.13. The summed E-state index contributed by atoms with van der Waals surface area (Å²) in [6.45, 7) is 3.72. The molecule has 0 N–H and O–H groups in total. The molecule has 5 heteroatoms. The monoisotopic (exact) mass is 363 g/mol. The molecule has 0 aromatic heterocycles. The van der Waals surface area contributed by atoms with Crippen LogP contribution >= 0.6 is 0 Å². The normalized spacial score (nSPS) is 15.5. The highest BCUT2D eigenvalue weighted by Gasteiger charge is 2.38. The van der Waals surface area contributed by atoms with Crippen molar-refractivity contribution in [1.29, 1.82) is 0 Å². The zero-order valence-corrected chi connectivity index (χ0v) is 15.8. The Balaban J connectivity index is 2.16. The van der Waals surface area contributed by atoms with Gasteiger partial charge in [0, 0.05) is 16.9 Å². The van der Waals surface area contributed by atoms with Crippen molar-refractivity contribution in [3.63, 3.8) is 0 Å². The molecule has 138 valence electrons. The maximum absolute atomic E-state index is 13.2. The van der Waals surface area contributed by atoms with Crippen molar-refractivity contribution in [2.45, 2.75) is 13.8 Å². The van der Waals surface area contributed by atoms with Gasteiger partial charge in [0.2, 0.25) is 0 Å². The summed E-state index contributed by atoms with van der Waals surface area (Å²) < 4.78 is 10.3. The molecule has 1 aliphatic rings. The maximum atomic E-state index is 13.2. The van der Waals surface area contributed by atoms with Crippen molar-refractivity contribution in [2.24, 2.45) is 0 Å². The van der Waals surface area contributed by atoms with Crippen LogP contribution < -0.4 is 9.64 Å². The molecule has 2 aromatic carbocycles. The van der Waals surface area contributed by atoms with Gasteiger partial charge in [-0.3, -0.25) is 9.69 Å². The van der Waals surface area contributed by atoms with Gasteiger partial charge < -0.3 is 9.47 Å². The van der Waals surface area contributed by atoms with Gasteiger partial charge in [0.1, 0.15) is 5.75 Å². The van der Waals surface area contributed by atoms with Crippen LogP contribution in [0.5, 0.6) is 5.75 Å². The number of ether oxygens (including phenoxy) is 2. The summed E-state index contributed by atoms with van der Waals surface area (Å²) in [5.41, 5.74) is 3.58. The molecule has 0 aliphatic carbocycles. The lowest BCUT2D eigenvalue weighted by Crippen LogP contribution is -2.24. The first kappa shape index (κ1) is 18.5. The minimum Gasteiger partial charge on any atom is -0.496 e. The van der Waals surface area contributed by atoms with Gasteiger partial charge in [-0.05, 0) is 38.1 Å². The van der Waals surface area contributed by atoms with Gasteiger partial charge in [-0.15, -0.1) is 0 Å². The molecular formula is C22H21NO4. The number of amides is 1.